The van der Waals surface area contributed by atoms with Crippen molar-refractivity contribution < 1.29 is 0 Å². The first kappa shape index (κ1) is 11.6. The quantitative estimate of drug-likeness (QED) is 0.883. The third kappa shape index (κ3) is 2.53. The Hall–Kier alpha value is -0.470. The van der Waals surface area contributed by atoms with Gasteiger partial charge in [-0.2, -0.15) is 0 Å². The Morgan fingerprint density at radius 2 is 2.00 bits per heavy atom. The van der Waals surface area contributed by atoms with Crippen molar-refractivity contribution in [1.29, 1.82) is 0 Å². The first-order chi connectivity index (χ1) is 8.33. The average Bonchev–Trinajstić information content (AvgIpc) is 2.97. The van der Waals surface area contributed by atoms with Gasteiger partial charge in [0.25, 0.3) is 0 Å². The molecule has 92 valence electrons. The third-order valence-corrected chi connectivity index (χ3v) is 5.60. The second-order valence-corrected chi connectivity index (χ2v) is 6.84. The highest BCUT2D eigenvalue weighted by Gasteiger charge is 2.28. The molecule has 1 aliphatic carbocycles. The first-order valence-electron chi connectivity index (χ1n) is 6.83. The summed E-state index contributed by atoms with van der Waals surface area (Å²) in [6.07, 6.45) is 7.95. The van der Waals surface area contributed by atoms with Crippen molar-refractivity contribution in [3.8, 4) is 0 Å². The molecular weight excluding hydrogens is 226 g/mol. The first-order valence-corrected chi connectivity index (χ1v) is 7.71. The molecule has 2 unspecified atom stereocenters. The molecule has 1 aromatic carbocycles. The van der Waals surface area contributed by atoms with E-state index in [2.05, 4.69) is 24.3 Å². The molecule has 2 N–H and O–H groups in total. The highest BCUT2D eigenvalue weighted by molar-refractivity contribution is 8.00. The number of benzene rings is 1. The lowest BCUT2D eigenvalue weighted by atomic mass is 9.93. The van der Waals surface area contributed by atoms with Crippen LogP contribution in [-0.2, 0) is 6.42 Å². The largest absolute Gasteiger partial charge is 0.327 e. The zero-order chi connectivity index (χ0) is 11.7. The molecule has 0 aromatic heterocycles. The van der Waals surface area contributed by atoms with Gasteiger partial charge in [0.2, 0.25) is 0 Å². The molecular formula is C15H21NS. The van der Waals surface area contributed by atoms with Gasteiger partial charge in [0.1, 0.15) is 0 Å². The maximum atomic E-state index is 6.38. The van der Waals surface area contributed by atoms with E-state index in [4.69, 9.17) is 5.73 Å². The van der Waals surface area contributed by atoms with Crippen LogP contribution in [0.4, 0.5) is 0 Å². The second-order valence-electron chi connectivity index (χ2n) is 5.50. The molecule has 0 amide bonds. The van der Waals surface area contributed by atoms with Crippen LogP contribution in [0, 0.1) is 5.92 Å². The van der Waals surface area contributed by atoms with Crippen molar-refractivity contribution in [3.05, 3.63) is 29.8 Å². The topological polar surface area (TPSA) is 26.0 Å². The molecule has 2 aliphatic rings. The predicted octanol–water partition coefficient (Wildman–Crippen LogP) is 3.61. The molecule has 0 spiro atoms. The molecule has 17 heavy (non-hydrogen) atoms. The lowest BCUT2D eigenvalue weighted by Gasteiger charge is -2.21. The van der Waals surface area contributed by atoms with Crippen LogP contribution in [0.3, 0.4) is 0 Å². The molecule has 1 aromatic rings. The predicted molar refractivity (Wildman–Crippen MR) is 74.3 cm³/mol. The molecule has 0 saturated heterocycles. The van der Waals surface area contributed by atoms with Gasteiger partial charge in [0.05, 0.1) is 0 Å². The minimum absolute atomic E-state index is 0.435. The molecule has 2 heteroatoms. The van der Waals surface area contributed by atoms with E-state index >= 15 is 0 Å². The molecule has 0 bridgehead atoms. The van der Waals surface area contributed by atoms with Gasteiger partial charge >= 0.3 is 0 Å². The van der Waals surface area contributed by atoms with Crippen LogP contribution < -0.4 is 5.73 Å². The van der Waals surface area contributed by atoms with Crippen LogP contribution in [0.25, 0.3) is 0 Å². The van der Waals surface area contributed by atoms with Gasteiger partial charge in [-0.25, -0.2) is 0 Å². The average molecular weight is 247 g/mol. The van der Waals surface area contributed by atoms with E-state index < -0.39 is 0 Å². The molecule has 1 saturated carbocycles. The van der Waals surface area contributed by atoms with E-state index in [0.717, 1.165) is 11.2 Å². The number of thioether (sulfide) groups is 1. The fraction of sp³-hybridized carbons (Fsp3) is 0.600. The van der Waals surface area contributed by atoms with Gasteiger partial charge in [-0.15, -0.1) is 11.8 Å². The molecule has 1 nitrogen and oxygen atoms in total. The van der Waals surface area contributed by atoms with Gasteiger partial charge in [0, 0.05) is 16.2 Å². The van der Waals surface area contributed by atoms with Crippen molar-refractivity contribution >= 4 is 11.8 Å². The zero-order valence-electron chi connectivity index (χ0n) is 10.3. The van der Waals surface area contributed by atoms with Crippen molar-refractivity contribution in [2.24, 2.45) is 11.7 Å². The highest BCUT2D eigenvalue weighted by Crippen LogP contribution is 2.40. The zero-order valence-corrected chi connectivity index (χ0v) is 11.1. The van der Waals surface area contributed by atoms with E-state index in [1.54, 1.807) is 0 Å². The normalized spacial score (nSPS) is 26.1. The van der Waals surface area contributed by atoms with Crippen LogP contribution in [0.1, 0.15) is 37.7 Å². The maximum Gasteiger partial charge on any atom is 0.0150 e. The lowest BCUT2D eigenvalue weighted by molar-refractivity contribution is 0.406. The van der Waals surface area contributed by atoms with E-state index in [9.17, 15) is 0 Å². The molecule has 2 atom stereocenters. The number of rotatable bonds is 3. The number of hydrogen-bond donors (Lipinski definition) is 1. The minimum Gasteiger partial charge on any atom is -0.327 e. The fourth-order valence-electron chi connectivity index (χ4n) is 3.27. The Balaban J connectivity index is 1.58. The molecule has 0 radical (unpaired) electrons. The van der Waals surface area contributed by atoms with Crippen LogP contribution >= 0.6 is 11.8 Å². The van der Waals surface area contributed by atoms with Gasteiger partial charge in [0.15, 0.2) is 0 Å². The summed E-state index contributed by atoms with van der Waals surface area (Å²) in [5.41, 5.74) is 7.91. The standard InChI is InChI=1S/C15H21NS/c16-14(11-5-1-2-6-11)10-13-9-12-7-3-4-8-15(12)17-13/h3-4,7-8,11,13-14H,1-2,5-6,9-10,16H2. The van der Waals surface area contributed by atoms with E-state index in [1.807, 2.05) is 11.8 Å². The Kier molecular flexibility index (Phi) is 3.44. The summed E-state index contributed by atoms with van der Waals surface area (Å²) < 4.78 is 0. The monoisotopic (exact) mass is 247 g/mol. The summed E-state index contributed by atoms with van der Waals surface area (Å²) in [6, 6.07) is 9.25. The van der Waals surface area contributed by atoms with Crippen molar-refractivity contribution in [2.75, 3.05) is 0 Å². The van der Waals surface area contributed by atoms with Crippen LogP contribution in [0.2, 0.25) is 0 Å². The summed E-state index contributed by atoms with van der Waals surface area (Å²) in [4.78, 5) is 1.48. The lowest BCUT2D eigenvalue weighted by Crippen LogP contribution is -2.31. The SMILES string of the molecule is NC(CC1Cc2ccccc2S1)C1CCCC1. The molecule has 1 heterocycles. The molecule has 3 rings (SSSR count). The summed E-state index contributed by atoms with van der Waals surface area (Å²) >= 11 is 2.04. The smallest absolute Gasteiger partial charge is 0.0150 e. The van der Waals surface area contributed by atoms with Crippen LogP contribution in [-0.4, -0.2) is 11.3 Å². The maximum absolute atomic E-state index is 6.38. The van der Waals surface area contributed by atoms with E-state index in [1.165, 1.54) is 49.0 Å². The molecule has 1 fully saturated rings. The summed E-state index contributed by atoms with van der Waals surface area (Å²) in [5.74, 6) is 0.805. The van der Waals surface area contributed by atoms with Gasteiger partial charge in [-0.3, -0.25) is 0 Å². The van der Waals surface area contributed by atoms with Crippen LogP contribution in [0.15, 0.2) is 29.2 Å². The molecule has 1 aliphatic heterocycles. The summed E-state index contributed by atoms with van der Waals surface area (Å²) in [5, 5.41) is 0.725. The fourth-order valence-corrected chi connectivity index (χ4v) is 4.67. The second kappa shape index (κ2) is 5.03. The number of fused-ring (bicyclic) bond motifs is 1. The van der Waals surface area contributed by atoms with Crippen molar-refractivity contribution in [2.45, 2.75) is 54.7 Å². The van der Waals surface area contributed by atoms with E-state index in [-0.39, 0.29) is 0 Å². The van der Waals surface area contributed by atoms with Crippen LogP contribution in [0.5, 0.6) is 0 Å². The number of hydrogen-bond acceptors (Lipinski definition) is 2. The summed E-state index contributed by atoms with van der Waals surface area (Å²) in [7, 11) is 0. The summed E-state index contributed by atoms with van der Waals surface area (Å²) in [6.45, 7) is 0. The minimum atomic E-state index is 0.435. The highest BCUT2D eigenvalue weighted by atomic mass is 32.2. The van der Waals surface area contributed by atoms with Gasteiger partial charge in [-0.05, 0) is 43.2 Å². The number of nitrogens with two attached hydrogens (primary N) is 1. The Morgan fingerprint density at radius 1 is 1.24 bits per heavy atom. The third-order valence-electron chi connectivity index (χ3n) is 4.25. The van der Waals surface area contributed by atoms with Crippen molar-refractivity contribution in [3.63, 3.8) is 0 Å². The Labute approximate surface area is 108 Å². The van der Waals surface area contributed by atoms with E-state index in [0.29, 0.717) is 6.04 Å². The van der Waals surface area contributed by atoms with Gasteiger partial charge < -0.3 is 5.73 Å². The van der Waals surface area contributed by atoms with Crippen molar-refractivity contribution in [1.82, 2.24) is 0 Å². The van der Waals surface area contributed by atoms with Gasteiger partial charge in [-0.1, -0.05) is 31.0 Å². The Morgan fingerprint density at radius 3 is 2.76 bits per heavy atom. The Bertz CT molecular complexity index is 359.